The molecule has 0 aliphatic heterocycles. The zero-order chi connectivity index (χ0) is 14.4. The van der Waals surface area contributed by atoms with Gasteiger partial charge in [0.25, 0.3) is 0 Å². The molecule has 1 unspecified atom stereocenters. The quantitative estimate of drug-likeness (QED) is 0.484. The van der Waals surface area contributed by atoms with Crippen LogP contribution >= 0.6 is 0 Å². The molecule has 0 aromatic carbocycles. The van der Waals surface area contributed by atoms with Crippen molar-refractivity contribution in [1.29, 1.82) is 0 Å². The molecule has 0 radical (unpaired) electrons. The Morgan fingerprint density at radius 3 is 1.89 bits per heavy atom. The SMILES string of the molecule is CC.CC(=O)CNC(=O)C(CO)N(C)C.[CH-]=O.[Ce]. The van der Waals surface area contributed by atoms with E-state index in [0.717, 1.165) is 0 Å². The van der Waals surface area contributed by atoms with Crippen molar-refractivity contribution in [1.82, 2.24) is 10.2 Å². The molecule has 0 saturated carbocycles. The third-order valence-electron chi connectivity index (χ3n) is 1.61. The van der Waals surface area contributed by atoms with Crippen LogP contribution in [-0.4, -0.2) is 61.8 Å². The molecule has 0 heterocycles. The molecule has 1 atom stereocenters. The molecule has 0 saturated heterocycles. The van der Waals surface area contributed by atoms with Crippen molar-refractivity contribution >= 4 is 18.5 Å². The third kappa shape index (κ3) is 16.1. The van der Waals surface area contributed by atoms with Crippen LogP contribution in [0.5, 0.6) is 0 Å². The van der Waals surface area contributed by atoms with E-state index in [1.807, 2.05) is 13.8 Å². The van der Waals surface area contributed by atoms with Crippen molar-refractivity contribution in [2.45, 2.75) is 26.8 Å². The number of hydrogen-bond donors (Lipinski definition) is 2. The average Bonchev–Trinajstić information content (AvgIpc) is 2.32. The van der Waals surface area contributed by atoms with Gasteiger partial charge in [-0.05, 0) is 21.0 Å². The van der Waals surface area contributed by atoms with E-state index in [2.05, 4.69) is 12.1 Å². The van der Waals surface area contributed by atoms with Crippen LogP contribution in [0.4, 0.5) is 0 Å². The van der Waals surface area contributed by atoms with Crippen molar-refractivity contribution < 1.29 is 61.2 Å². The van der Waals surface area contributed by atoms with Crippen molar-refractivity contribution in [2.24, 2.45) is 0 Å². The number of likely N-dealkylation sites (N-methyl/N-ethyl adjacent to an activating group) is 1. The van der Waals surface area contributed by atoms with Crippen LogP contribution in [0, 0.1) is 41.7 Å². The minimum Gasteiger partial charge on any atom is -0.545 e. The summed E-state index contributed by atoms with van der Waals surface area (Å²) in [7, 11) is 3.38. The smallest absolute Gasteiger partial charge is 0.240 e. The zero-order valence-corrected chi connectivity index (χ0v) is 14.8. The number of Topliss-reactive ketones (excluding diaryl/α,β-unsaturated/α-hetero) is 1. The summed E-state index contributed by atoms with van der Waals surface area (Å²) in [6, 6.07) is -0.584. The van der Waals surface area contributed by atoms with Gasteiger partial charge in [-0.2, -0.15) is 0 Å². The summed E-state index contributed by atoms with van der Waals surface area (Å²) in [6.45, 7) is 8.41. The molecule has 0 rings (SSSR count). The average molecular weight is 387 g/mol. The van der Waals surface area contributed by atoms with Gasteiger partial charge in [0.1, 0.15) is 11.8 Å². The number of hydrogen-bond acceptors (Lipinski definition) is 5. The molecule has 0 bridgehead atoms. The van der Waals surface area contributed by atoms with Crippen molar-refractivity contribution in [3.63, 3.8) is 0 Å². The Morgan fingerprint density at radius 2 is 1.67 bits per heavy atom. The summed E-state index contributed by atoms with van der Waals surface area (Å²) >= 11 is 0. The molecule has 2 N–H and O–H groups in total. The van der Waals surface area contributed by atoms with Crippen LogP contribution in [0.25, 0.3) is 0 Å². The number of aliphatic hydroxyl groups excluding tert-OH is 1. The van der Waals surface area contributed by atoms with E-state index in [4.69, 9.17) is 9.90 Å². The van der Waals surface area contributed by atoms with Gasteiger partial charge in [-0.25, -0.2) is 0 Å². The molecular weight excluding hydrogens is 364 g/mol. The van der Waals surface area contributed by atoms with Crippen molar-refractivity contribution in [2.75, 3.05) is 27.2 Å². The number of rotatable bonds is 5. The first-order chi connectivity index (χ1) is 7.99. The fraction of sp³-hybridized carbons (Fsp3) is 0.727. The van der Waals surface area contributed by atoms with E-state index in [1.54, 1.807) is 19.0 Å². The van der Waals surface area contributed by atoms with Crippen LogP contribution < -0.4 is 5.32 Å². The molecule has 106 valence electrons. The molecule has 0 fully saturated rings. The summed E-state index contributed by atoms with van der Waals surface area (Å²) in [4.78, 5) is 31.1. The van der Waals surface area contributed by atoms with E-state index >= 15 is 0 Å². The van der Waals surface area contributed by atoms with Gasteiger partial charge < -0.3 is 15.2 Å². The van der Waals surface area contributed by atoms with Gasteiger partial charge in [-0.3, -0.25) is 21.3 Å². The summed E-state index contributed by atoms with van der Waals surface area (Å²) in [5.74, 6) is -0.438. The number of carbonyl (C=O) groups excluding carboxylic acids is 3. The largest absolute Gasteiger partial charge is 0.545 e. The van der Waals surface area contributed by atoms with Crippen molar-refractivity contribution in [3.8, 4) is 0 Å². The number of carbonyl (C=O) groups is 2. The van der Waals surface area contributed by atoms with E-state index in [0.29, 0.717) is 0 Å². The first kappa shape index (κ1) is 26.6. The van der Waals surface area contributed by atoms with Gasteiger partial charge in [-0.15, -0.1) is 0 Å². The Morgan fingerprint density at radius 1 is 1.28 bits per heavy atom. The molecule has 0 aromatic heterocycles. The number of ketones is 1. The number of nitrogens with one attached hydrogen (secondary N) is 1. The Balaban J connectivity index is -0.000000177. The van der Waals surface area contributed by atoms with Crippen LogP contribution in [0.2, 0.25) is 0 Å². The summed E-state index contributed by atoms with van der Waals surface area (Å²) in [6.07, 6.45) is 0. The number of amides is 1. The van der Waals surface area contributed by atoms with Gasteiger partial charge in [0.15, 0.2) is 0 Å². The van der Waals surface area contributed by atoms with E-state index in [-0.39, 0.29) is 66.6 Å². The molecule has 18 heavy (non-hydrogen) atoms. The molecule has 0 aliphatic carbocycles. The standard InChI is InChI=1S/C8H16N2O3.C2H6.CHO.Ce/c1-6(12)4-9-8(13)7(5-11)10(2)3;2*1-2;/h7,11H,4-5H2,1-3H3,(H,9,13);1-2H3;1H;/q;;-1;. The Kier molecular flexibility index (Phi) is 28.8. The maximum Gasteiger partial charge on any atom is 0.240 e. The van der Waals surface area contributed by atoms with Crippen LogP contribution in [0.3, 0.4) is 0 Å². The third-order valence-corrected chi connectivity index (χ3v) is 1.61. The Hall–Kier alpha value is 0.107. The molecule has 7 heteroatoms. The van der Waals surface area contributed by atoms with Crippen LogP contribution in [0.15, 0.2) is 0 Å². The van der Waals surface area contributed by atoms with Gasteiger partial charge in [0.2, 0.25) is 5.91 Å². The molecule has 0 aromatic rings. The fourth-order valence-corrected chi connectivity index (χ4v) is 0.810. The van der Waals surface area contributed by atoms with Gasteiger partial charge in [-0.1, -0.05) is 13.8 Å². The monoisotopic (exact) mass is 387 g/mol. The summed E-state index contributed by atoms with van der Waals surface area (Å²) < 4.78 is 0. The maximum atomic E-state index is 11.3. The second kappa shape index (κ2) is 19.4. The van der Waals surface area contributed by atoms with E-state index < -0.39 is 6.04 Å². The first-order valence-corrected chi connectivity index (χ1v) is 5.27. The van der Waals surface area contributed by atoms with E-state index in [1.165, 1.54) is 6.92 Å². The molecule has 1 amide bonds. The topological polar surface area (TPSA) is 86.7 Å². The predicted octanol–water partition coefficient (Wildman–Crippen LogP) is -0.634. The maximum absolute atomic E-state index is 11.3. The molecule has 6 nitrogen and oxygen atoms in total. The Bertz CT molecular complexity index is 213. The summed E-state index contributed by atoms with van der Waals surface area (Å²) in [5, 5.41) is 11.3. The number of aliphatic hydroxyl groups is 1. The number of nitrogens with zero attached hydrogens (tertiary/aromatic N) is 1. The minimum atomic E-state index is -0.584. The zero-order valence-electron chi connectivity index (χ0n) is 11.7. The molecular formula is C11H23CeN2O4-. The van der Waals surface area contributed by atoms with Gasteiger partial charge in [0.05, 0.1) is 13.2 Å². The Labute approximate surface area is 143 Å². The van der Waals surface area contributed by atoms with Crippen LogP contribution in [-0.2, 0) is 14.4 Å². The first-order valence-electron chi connectivity index (χ1n) is 5.27. The van der Waals surface area contributed by atoms with Gasteiger partial charge in [0, 0.05) is 41.7 Å². The predicted molar refractivity (Wildman–Crippen MR) is 66.4 cm³/mol. The normalized spacial score (nSPS) is 9.72. The van der Waals surface area contributed by atoms with Crippen molar-refractivity contribution in [3.05, 3.63) is 0 Å². The second-order valence-corrected chi connectivity index (χ2v) is 3.08. The fourth-order valence-electron chi connectivity index (χ4n) is 0.810. The molecule has 0 spiro atoms. The minimum absolute atomic E-state index is 0. The van der Waals surface area contributed by atoms with E-state index in [9.17, 15) is 9.59 Å². The molecule has 0 aliphatic rings. The van der Waals surface area contributed by atoms with Gasteiger partial charge >= 0.3 is 0 Å². The second-order valence-electron chi connectivity index (χ2n) is 3.08. The van der Waals surface area contributed by atoms with Crippen LogP contribution in [0.1, 0.15) is 20.8 Å². The summed E-state index contributed by atoms with van der Waals surface area (Å²) in [5.41, 5.74) is 0.